The Morgan fingerprint density at radius 2 is 1.42 bits per heavy atom. The fourth-order valence-electron chi connectivity index (χ4n) is 3.54. The molecular formula is C23H23FN2O4S. The molecule has 1 fully saturated rings. The Labute approximate surface area is 181 Å². The maximum atomic E-state index is 14.0. The zero-order valence-electron chi connectivity index (χ0n) is 17.1. The van der Waals surface area contributed by atoms with Gasteiger partial charge in [-0.2, -0.15) is 4.31 Å². The summed E-state index contributed by atoms with van der Waals surface area (Å²) in [6, 6.07) is 20.1. The number of hydrogen-bond acceptors (Lipinski definition) is 5. The highest BCUT2D eigenvalue weighted by Gasteiger charge is 2.29. The molecule has 0 bridgehead atoms. The Balaban J connectivity index is 1.44. The van der Waals surface area contributed by atoms with Gasteiger partial charge in [-0.15, -0.1) is 0 Å². The number of anilines is 1. The van der Waals surface area contributed by atoms with E-state index in [1.54, 1.807) is 49.6 Å². The number of methoxy groups -OCH3 is 1. The molecule has 0 aliphatic carbocycles. The largest absolute Gasteiger partial charge is 0.493 e. The highest BCUT2D eigenvalue weighted by Crippen LogP contribution is 2.31. The van der Waals surface area contributed by atoms with E-state index in [0.717, 1.165) is 0 Å². The van der Waals surface area contributed by atoms with Crippen LogP contribution in [0.1, 0.15) is 0 Å². The number of sulfonamides is 1. The van der Waals surface area contributed by atoms with E-state index in [9.17, 15) is 12.8 Å². The second-order valence-corrected chi connectivity index (χ2v) is 9.00. The van der Waals surface area contributed by atoms with Crippen LogP contribution >= 0.6 is 0 Å². The number of benzene rings is 3. The lowest BCUT2D eigenvalue weighted by molar-refractivity contribution is 0.378. The van der Waals surface area contributed by atoms with Crippen LogP contribution in [-0.2, 0) is 10.0 Å². The molecule has 0 atom stereocenters. The average molecular weight is 443 g/mol. The number of ether oxygens (including phenoxy) is 2. The molecule has 3 aromatic carbocycles. The van der Waals surface area contributed by atoms with Crippen molar-refractivity contribution in [1.82, 2.24) is 4.31 Å². The van der Waals surface area contributed by atoms with Crippen LogP contribution in [0.2, 0.25) is 0 Å². The monoisotopic (exact) mass is 442 g/mol. The third kappa shape index (κ3) is 4.50. The summed E-state index contributed by atoms with van der Waals surface area (Å²) < 4.78 is 52.6. The van der Waals surface area contributed by atoms with Gasteiger partial charge in [0.25, 0.3) is 0 Å². The first-order valence-corrected chi connectivity index (χ1v) is 11.3. The van der Waals surface area contributed by atoms with Crippen molar-refractivity contribution in [2.45, 2.75) is 4.90 Å². The summed E-state index contributed by atoms with van der Waals surface area (Å²) in [5, 5.41) is 0. The van der Waals surface area contributed by atoms with E-state index < -0.39 is 10.0 Å². The minimum Gasteiger partial charge on any atom is -0.493 e. The predicted octanol–water partition coefficient (Wildman–Crippen LogP) is 4.14. The maximum Gasteiger partial charge on any atom is 0.243 e. The van der Waals surface area contributed by atoms with Crippen molar-refractivity contribution in [2.75, 3.05) is 38.2 Å². The number of para-hydroxylation sites is 3. The molecule has 0 N–H and O–H groups in total. The lowest BCUT2D eigenvalue weighted by Crippen LogP contribution is -2.48. The van der Waals surface area contributed by atoms with E-state index in [1.807, 2.05) is 17.0 Å². The van der Waals surface area contributed by atoms with Crippen molar-refractivity contribution in [3.05, 3.63) is 78.6 Å². The second-order valence-electron chi connectivity index (χ2n) is 7.07. The first-order chi connectivity index (χ1) is 15.0. The molecular weight excluding hydrogens is 419 g/mol. The summed E-state index contributed by atoms with van der Waals surface area (Å²) in [5.41, 5.74) is 0.498. The summed E-state index contributed by atoms with van der Waals surface area (Å²) in [6.07, 6.45) is 0. The van der Waals surface area contributed by atoms with Gasteiger partial charge in [0, 0.05) is 26.2 Å². The lowest BCUT2D eigenvalue weighted by atomic mass is 10.2. The van der Waals surface area contributed by atoms with Crippen LogP contribution in [0.5, 0.6) is 17.2 Å². The van der Waals surface area contributed by atoms with Gasteiger partial charge in [0.05, 0.1) is 17.7 Å². The van der Waals surface area contributed by atoms with E-state index in [-0.39, 0.29) is 23.8 Å². The molecule has 1 aliphatic heterocycles. The predicted molar refractivity (Wildman–Crippen MR) is 117 cm³/mol. The number of piperazine rings is 1. The van der Waals surface area contributed by atoms with Crippen LogP contribution in [0.25, 0.3) is 0 Å². The number of rotatable bonds is 6. The van der Waals surface area contributed by atoms with Crippen LogP contribution in [0.4, 0.5) is 10.1 Å². The van der Waals surface area contributed by atoms with Gasteiger partial charge < -0.3 is 14.4 Å². The van der Waals surface area contributed by atoms with Crippen molar-refractivity contribution >= 4 is 15.7 Å². The molecule has 8 heteroatoms. The summed E-state index contributed by atoms with van der Waals surface area (Å²) in [7, 11) is -2.09. The SMILES string of the molecule is COc1ccccc1Oc1ccc(S(=O)(=O)N2CCN(c3ccccc3F)CC2)cc1. The van der Waals surface area contributed by atoms with Gasteiger partial charge in [-0.3, -0.25) is 0 Å². The summed E-state index contributed by atoms with van der Waals surface area (Å²) in [5.74, 6) is 1.34. The minimum atomic E-state index is -3.65. The fraction of sp³-hybridized carbons (Fsp3) is 0.217. The number of halogens is 1. The van der Waals surface area contributed by atoms with Crippen molar-refractivity contribution in [3.8, 4) is 17.2 Å². The smallest absolute Gasteiger partial charge is 0.243 e. The van der Waals surface area contributed by atoms with Crippen molar-refractivity contribution in [3.63, 3.8) is 0 Å². The first-order valence-electron chi connectivity index (χ1n) is 9.89. The third-order valence-electron chi connectivity index (χ3n) is 5.19. The molecule has 0 amide bonds. The standard InChI is InChI=1S/C23H23FN2O4S/c1-29-22-8-4-5-9-23(22)30-18-10-12-19(13-11-18)31(27,28)26-16-14-25(15-17-26)21-7-3-2-6-20(21)24/h2-13H,14-17H2,1H3. The topological polar surface area (TPSA) is 59.1 Å². The Morgan fingerprint density at radius 3 is 2.06 bits per heavy atom. The fourth-order valence-corrected chi connectivity index (χ4v) is 4.96. The van der Waals surface area contributed by atoms with Gasteiger partial charge in [0.2, 0.25) is 10.0 Å². The van der Waals surface area contributed by atoms with Crippen LogP contribution in [0.15, 0.2) is 77.7 Å². The van der Waals surface area contributed by atoms with E-state index in [1.165, 1.54) is 22.5 Å². The van der Waals surface area contributed by atoms with Crippen molar-refractivity contribution in [2.24, 2.45) is 0 Å². The second kappa shape index (κ2) is 8.95. The van der Waals surface area contributed by atoms with Gasteiger partial charge in [0.15, 0.2) is 11.5 Å². The minimum absolute atomic E-state index is 0.194. The van der Waals surface area contributed by atoms with Gasteiger partial charge in [-0.05, 0) is 48.5 Å². The highest BCUT2D eigenvalue weighted by atomic mass is 32.2. The molecule has 0 spiro atoms. The van der Waals surface area contributed by atoms with E-state index >= 15 is 0 Å². The van der Waals surface area contributed by atoms with Crippen LogP contribution in [0.3, 0.4) is 0 Å². The molecule has 1 saturated heterocycles. The number of nitrogens with zero attached hydrogens (tertiary/aromatic N) is 2. The Hall–Kier alpha value is -3.10. The van der Waals surface area contributed by atoms with Crippen LogP contribution in [0, 0.1) is 5.82 Å². The molecule has 1 aliphatic rings. The Kier molecular flexibility index (Phi) is 6.11. The highest BCUT2D eigenvalue weighted by molar-refractivity contribution is 7.89. The van der Waals surface area contributed by atoms with E-state index in [2.05, 4.69) is 0 Å². The summed E-state index contributed by atoms with van der Waals surface area (Å²) in [4.78, 5) is 2.06. The molecule has 1 heterocycles. The maximum absolute atomic E-state index is 14.0. The first kappa shape index (κ1) is 21.1. The van der Waals surface area contributed by atoms with Gasteiger partial charge >= 0.3 is 0 Å². The number of hydrogen-bond donors (Lipinski definition) is 0. The van der Waals surface area contributed by atoms with E-state index in [4.69, 9.17) is 9.47 Å². The molecule has 31 heavy (non-hydrogen) atoms. The molecule has 0 saturated carbocycles. The van der Waals surface area contributed by atoms with Crippen molar-refractivity contribution in [1.29, 1.82) is 0 Å². The Bertz CT molecular complexity index is 1140. The normalized spacial score (nSPS) is 15.0. The lowest BCUT2D eigenvalue weighted by Gasteiger charge is -2.35. The molecule has 4 rings (SSSR count). The Morgan fingerprint density at radius 1 is 0.806 bits per heavy atom. The third-order valence-corrected chi connectivity index (χ3v) is 7.10. The molecule has 0 aromatic heterocycles. The molecule has 3 aromatic rings. The molecule has 0 unspecified atom stereocenters. The average Bonchev–Trinajstić information content (AvgIpc) is 2.80. The van der Waals surface area contributed by atoms with Gasteiger partial charge in [-0.1, -0.05) is 24.3 Å². The molecule has 6 nitrogen and oxygen atoms in total. The van der Waals surface area contributed by atoms with Gasteiger partial charge in [-0.25, -0.2) is 12.8 Å². The molecule has 162 valence electrons. The zero-order valence-corrected chi connectivity index (χ0v) is 17.9. The van der Waals surface area contributed by atoms with E-state index in [0.29, 0.717) is 36.0 Å². The summed E-state index contributed by atoms with van der Waals surface area (Å²) in [6.45, 7) is 1.43. The zero-order chi connectivity index (χ0) is 21.8. The van der Waals surface area contributed by atoms with Gasteiger partial charge in [0.1, 0.15) is 11.6 Å². The van der Waals surface area contributed by atoms with Crippen LogP contribution in [-0.4, -0.2) is 46.0 Å². The van der Waals surface area contributed by atoms with Crippen molar-refractivity contribution < 1.29 is 22.3 Å². The van der Waals surface area contributed by atoms with Crippen LogP contribution < -0.4 is 14.4 Å². The summed E-state index contributed by atoms with van der Waals surface area (Å²) >= 11 is 0. The molecule has 0 radical (unpaired) electrons. The quantitative estimate of drug-likeness (QED) is 0.574.